The fourth-order valence-electron chi connectivity index (χ4n) is 4.70. The van der Waals surface area contributed by atoms with Crippen LogP contribution in [0.15, 0.2) is 29.8 Å². The Morgan fingerprint density at radius 3 is 2.55 bits per heavy atom. The molecule has 1 spiro atoms. The van der Waals surface area contributed by atoms with Crippen LogP contribution in [0.25, 0.3) is 5.57 Å². The normalized spacial score (nSPS) is 27.9. The molecule has 1 aromatic rings. The molecular weight excluding hydrogens is 276 g/mol. The molecule has 1 heterocycles. The zero-order valence-corrected chi connectivity index (χ0v) is 13.4. The largest absolute Gasteiger partial charge is 0.347 e. The Kier molecular flexibility index (Phi) is 2.91. The minimum atomic E-state index is -0.568. The van der Waals surface area contributed by atoms with Gasteiger partial charge in [-0.3, -0.25) is 4.79 Å². The van der Waals surface area contributed by atoms with E-state index in [9.17, 15) is 4.79 Å². The van der Waals surface area contributed by atoms with E-state index in [0.717, 1.165) is 18.4 Å². The Bertz CT molecular complexity index is 678. The first-order chi connectivity index (χ1) is 10.5. The molecule has 0 aromatic heterocycles. The fourth-order valence-corrected chi connectivity index (χ4v) is 4.70. The number of allylic oxidation sites excluding steroid dienone is 1. The summed E-state index contributed by atoms with van der Waals surface area (Å²) in [4.78, 5) is 12.4. The summed E-state index contributed by atoms with van der Waals surface area (Å²) in [5, 5.41) is 0. The first kappa shape index (κ1) is 14.2. The molecule has 1 atom stereocenters. The quantitative estimate of drug-likeness (QED) is 0.793. The summed E-state index contributed by atoms with van der Waals surface area (Å²) in [6.07, 6.45) is 1.78. The molecule has 1 unspecified atom stereocenters. The molecular formula is C19H22O3. The number of hydrogen-bond donors (Lipinski definition) is 0. The van der Waals surface area contributed by atoms with Crippen LogP contribution in [0, 0.1) is 5.41 Å². The lowest BCUT2D eigenvalue weighted by molar-refractivity contribution is -0.223. The van der Waals surface area contributed by atoms with Crippen molar-refractivity contribution < 1.29 is 14.3 Å². The molecule has 0 N–H and O–H groups in total. The van der Waals surface area contributed by atoms with Crippen molar-refractivity contribution in [1.29, 1.82) is 0 Å². The zero-order valence-electron chi connectivity index (χ0n) is 13.4. The van der Waals surface area contributed by atoms with E-state index in [1.807, 2.05) is 6.07 Å². The summed E-state index contributed by atoms with van der Waals surface area (Å²) in [6.45, 7) is 7.34. The molecule has 1 aromatic carbocycles. The van der Waals surface area contributed by atoms with Gasteiger partial charge in [-0.2, -0.15) is 0 Å². The first-order valence-corrected chi connectivity index (χ1v) is 8.09. The van der Waals surface area contributed by atoms with Crippen molar-refractivity contribution >= 4 is 11.4 Å². The number of fused-ring (bicyclic) bond motifs is 2. The van der Waals surface area contributed by atoms with Crippen LogP contribution in [0.1, 0.15) is 50.7 Å². The molecule has 3 heteroatoms. The minimum Gasteiger partial charge on any atom is -0.347 e. The number of carbonyl (C=O) groups excluding carboxylic acids is 1. The van der Waals surface area contributed by atoms with Crippen LogP contribution in [0.3, 0.4) is 0 Å². The maximum atomic E-state index is 12.4. The lowest BCUT2D eigenvalue weighted by atomic mass is 9.65. The van der Waals surface area contributed by atoms with Crippen molar-refractivity contribution in [1.82, 2.24) is 0 Å². The molecule has 0 bridgehead atoms. The second-order valence-corrected chi connectivity index (χ2v) is 7.10. The van der Waals surface area contributed by atoms with E-state index in [1.54, 1.807) is 6.92 Å². The van der Waals surface area contributed by atoms with Gasteiger partial charge in [-0.1, -0.05) is 38.1 Å². The van der Waals surface area contributed by atoms with Crippen molar-refractivity contribution in [2.24, 2.45) is 5.41 Å². The summed E-state index contributed by atoms with van der Waals surface area (Å²) < 4.78 is 12.1. The van der Waals surface area contributed by atoms with Gasteiger partial charge in [0.25, 0.3) is 0 Å². The molecule has 1 aliphatic heterocycles. The number of ether oxygens (including phenoxy) is 2. The monoisotopic (exact) mass is 298 g/mol. The van der Waals surface area contributed by atoms with E-state index in [1.165, 1.54) is 16.7 Å². The number of carbonyl (C=O) groups is 1. The average molecular weight is 298 g/mol. The van der Waals surface area contributed by atoms with Crippen molar-refractivity contribution in [2.75, 3.05) is 13.2 Å². The number of ketones is 1. The number of hydrogen-bond acceptors (Lipinski definition) is 3. The second-order valence-electron chi connectivity index (χ2n) is 7.10. The SMILES string of the molecule is CC(=O)C1C2=C(CCC3(OCCO3)C2(C)C)c2ccccc21. The highest BCUT2D eigenvalue weighted by Crippen LogP contribution is 2.61. The predicted octanol–water partition coefficient (Wildman–Crippen LogP) is 3.69. The van der Waals surface area contributed by atoms with Gasteiger partial charge in [-0.05, 0) is 35.6 Å². The van der Waals surface area contributed by atoms with Crippen molar-refractivity contribution in [3.63, 3.8) is 0 Å². The minimum absolute atomic E-state index is 0.147. The van der Waals surface area contributed by atoms with Crippen LogP contribution in [0.2, 0.25) is 0 Å². The Labute approximate surface area is 131 Å². The molecule has 0 saturated carbocycles. The van der Waals surface area contributed by atoms with E-state index in [4.69, 9.17) is 9.47 Å². The maximum absolute atomic E-state index is 12.4. The number of rotatable bonds is 1. The lowest BCUT2D eigenvalue weighted by Crippen LogP contribution is -2.50. The number of Topliss-reactive ketones (excluding diaryl/α,β-unsaturated/α-hetero) is 1. The third kappa shape index (κ3) is 1.61. The van der Waals surface area contributed by atoms with Gasteiger partial charge in [-0.15, -0.1) is 0 Å². The van der Waals surface area contributed by atoms with Gasteiger partial charge in [0.05, 0.1) is 19.1 Å². The fraction of sp³-hybridized carbons (Fsp3) is 0.526. The van der Waals surface area contributed by atoms with Crippen LogP contribution in [-0.2, 0) is 14.3 Å². The molecule has 1 saturated heterocycles. The van der Waals surface area contributed by atoms with E-state index in [2.05, 4.69) is 32.0 Å². The van der Waals surface area contributed by atoms with Crippen LogP contribution in [-0.4, -0.2) is 24.8 Å². The van der Waals surface area contributed by atoms with Gasteiger partial charge in [-0.25, -0.2) is 0 Å². The topological polar surface area (TPSA) is 35.5 Å². The molecule has 1 fully saturated rings. The predicted molar refractivity (Wildman–Crippen MR) is 84.4 cm³/mol. The molecule has 4 rings (SSSR count). The van der Waals surface area contributed by atoms with Gasteiger partial charge >= 0.3 is 0 Å². The van der Waals surface area contributed by atoms with Crippen LogP contribution in [0.5, 0.6) is 0 Å². The molecule has 22 heavy (non-hydrogen) atoms. The average Bonchev–Trinajstić information content (AvgIpc) is 3.08. The van der Waals surface area contributed by atoms with Crippen molar-refractivity contribution in [2.45, 2.75) is 45.3 Å². The molecule has 116 valence electrons. The summed E-state index contributed by atoms with van der Waals surface area (Å²) in [7, 11) is 0. The van der Waals surface area contributed by atoms with Gasteiger partial charge in [0.1, 0.15) is 5.78 Å². The highest BCUT2D eigenvalue weighted by Gasteiger charge is 2.58. The molecule has 0 amide bonds. The Morgan fingerprint density at radius 1 is 1.18 bits per heavy atom. The standard InChI is InChI=1S/C19H22O3/c1-12(20)16-14-7-5-4-6-13(14)15-8-9-19(21-10-11-22-19)18(2,3)17(15)16/h4-7,16H,8-11H2,1-3H3. The smallest absolute Gasteiger partial charge is 0.177 e. The van der Waals surface area contributed by atoms with E-state index >= 15 is 0 Å². The summed E-state index contributed by atoms with van der Waals surface area (Å²) in [6, 6.07) is 8.33. The molecule has 0 radical (unpaired) electrons. The highest BCUT2D eigenvalue weighted by atomic mass is 16.7. The lowest BCUT2D eigenvalue weighted by Gasteiger charge is -2.48. The second kappa shape index (κ2) is 4.53. The maximum Gasteiger partial charge on any atom is 0.177 e. The van der Waals surface area contributed by atoms with Crippen molar-refractivity contribution in [3.8, 4) is 0 Å². The summed E-state index contributed by atoms with van der Waals surface area (Å²) in [5.74, 6) is -0.506. The Balaban J connectivity index is 1.93. The molecule has 3 aliphatic rings. The Hall–Kier alpha value is -1.45. The van der Waals surface area contributed by atoms with Gasteiger partial charge < -0.3 is 9.47 Å². The number of benzene rings is 1. The summed E-state index contributed by atoms with van der Waals surface area (Å²) >= 11 is 0. The van der Waals surface area contributed by atoms with E-state index < -0.39 is 5.79 Å². The van der Waals surface area contributed by atoms with Gasteiger partial charge in [0.2, 0.25) is 0 Å². The third-order valence-corrected chi connectivity index (χ3v) is 5.70. The van der Waals surface area contributed by atoms with Crippen LogP contribution >= 0.6 is 0 Å². The Morgan fingerprint density at radius 2 is 1.86 bits per heavy atom. The van der Waals surface area contributed by atoms with Crippen LogP contribution in [0.4, 0.5) is 0 Å². The van der Waals surface area contributed by atoms with Crippen molar-refractivity contribution in [3.05, 3.63) is 41.0 Å². The van der Waals surface area contributed by atoms with E-state index in [-0.39, 0.29) is 17.1 Å². The summed E-state index contributed by atoms with van der Waals surface area (Å²) in [5.41, 5.74) is 4.66. The van der Waals surface area contributed by atoms with E-state index in [0.29, 0.717) is 13.2 Å². The molecule has 2 aliphatic carbocycles. The highest BCUT2D eigenvalue weighted by molar-refractivity contribution is 5.96. The van der Waals surface area contributed by atoms with Gasteiger partial charge in [0.15, 0.2) is 5.79 Å². The molecule has 3 nitrogen and oxygen atoms in total. The van der Waals surface area contributed by atoms with Gasteiger partial charge in [0, 0.05) is 11.8 Å². The first-order valence-electron chi connectivity index (χ1n) is 8.09. The zero-order chi connectivity index (χ0) is 15.5. The van der Waals surface area contributed by atoms with Crippen LogP contribution < -0.4 is 0 Å². The third-order valence-electron chi connectivity index (χ3n) is 5.70.